The van der Waals surface area contributed by atoms with Gasteiger partial charge in [-0.05, 0) is 61.4 Å². The summed E-state index contributed by atoms with van der Waals surface area (Å²) in [6.07, 6.45) is 0. The van der Waals surface area contributed by atoms with Crippen LogP contribution >= 0.6 is 56.2 Å². The van der Waals surface area contributed by atoms with Gasteiger partial charge in [-0.1, -0.05) is 35.3 Å². The molecule has 170 valence electrons. The maximum absolute atomic E-state index is 9.09. The van der Waals surface area contributed by atoms with E-state index < -0.39 is 9.23 Å². The van der Waals surface area contributed by atoms with Crippen molar-refractivity contribution < 1.29 is 9.32 Å². The zero-order valence-electron chi connectivity index (χ0n) is 17.1. The number of hydrogen-bond donors (Lipinski definition) is 1. The van der Waals surface area contributed by atoms with E-state index >= 15 is 0 Å². The molecule has 4 nitrogen and oxygen atoms in total. The summed E-state index contributed by atoms with van der Waals surface area (Å²) in [5.41, 5.74) is 5.51. The first-order chi connectivity index (χ1) is 15.1. The van der Waals surface area contributed by atoms with Crippen molar-refractivity contribution in [2.24, 2.45) is 0 Å². The number of aromatic nitrogens is 2. The maximum Gasteiger partial charge on any atom is 0.211 e. The molecule has 2 aromatic heterocycles. The molecule has 0 saturated carbocycles. The van der Waals surface area contributed by atoms with Gasteiger partial charge < -0.3 is 5.11 Å². The fourth-order valence-corrected chi connectivity index (χ4v) is 3.26. The van der Waals surface area contributed by atoms with Gasteiger partial charge in [-0.2, -0.15) is 0 Å². The standard InChI is InChI=1S/C11H9Cl2N.C11H10ClNO.Cl2OS/c1-7-10(13)5-9-4-8(6-12)2-3-11(9)14-7;1-7-10(12)5-9-4-8(6-14)2-3-11(9)13-7;1-4(2)3/h2-5H,6H2,1H3;2-5,14H,6H2,1H3;. The van der Waals surface area contributed by atoms with Gasteiger partial charge in [0.2, 0.25) is 9.23 Å². The normalized spacial score (nSPS) is 10.5. The predicted octanol–water partition coefficient (Wildman–Crippen LogP) is 7.67. The van der Waals surface area contributed by atoms with Gasteiger partial charge in [-0.15, -0.1) is 11.6 Å². The third kappa shape index (κ3) is 7.99. The van der Waals surface area contributed by atoms with E-state index in [0.29, 0.717) is 15.9 Å². The Morgan fingerprint density at radius 1 is 0.812 bits per heavy atom. The zero-order chi connectivity index (χ0) is 23.8. The fourth-order valence-electron chi connectivity index (χ4n) is 2.77. The second-order valence-corrected chi connectivity index (χ2v) is 10.2. The van der Waals surface area contributed by atoms with E-state index in [4.69, 9.17) is 44.1 Å². The summed E-state index contributed by atoms with van der Waals surface area (Å²) in [5, 5.41) is 12.3. The number of hydrogen-bond acceptors (Lipinski definition) is 4. The van der Waals surface area contributed by atoms with Crippen LogP contribution in [-0.4, -0.2) is 19.3 Å². The van der Waals surface area contributed by atoms with Crippen molar-refractivity contribution in [1.82, 2.24) is 9.97 Å². The van der Waals surface area contributed by atoms with Crippen molar-refractivity contribution in [3.8, 4) is 0 Å². The smallest absolute Gasteiger partial charge is 0.211 e. The average molecular weight is 553 g/mol. The van der Waals surface area contributed by atoms with Crippen LogP contribution in [0.25, 0.3) is 21.8 Å². The topological polar surface area (TPSA) is 63.1 Å². The molecule has 0 bridgehead atoms. The van der Waals surface area contributed by atoms with E-state index in [9.17, 15) is 0 Å². The zero-order valence-corrected chi connectivity index (χ0v) is 21.7. The van der Waals surface area contributed by atoms with Crippen LogP contribution in [-0.2, 0) is 21.7 Å². The van der Waals surface area contributed by atoms with Gasteiger partial charge in [0.1, 0.15) is 0 Å². The minimum Gasteiger partial charge on any atom is -0.392 e. The quantitative estimate of drug-likeness (QED) is 0.205. The summed E-state index contributed by atoms with van der Waals surface area (Å²) in [5.74, 6) is 0.515. The molecule has 4 rings (SSSR count). The molecular formula is C22H19Cl5N2O2S. The molecule has 0 aliphatic carbocycles. The van der Waals surface area contributed by atoms with E-state index in [1.165, 1.54) is 0 Å². The van der Waals surface area contributed by atoms with Crippen LogP contribution in [0.5, 0.6) is 0 Å². The lowest BCUT2D eigenvalue weighted by atomic mass is 10.1. The number of aryl methyl sites for hydroxylation is 2. The first-order valence-corrected chi connectivity index (χ1v) is 13.3. The highest BCUT2D eigenvalue weighted by Crippen LogP contribution is 2.22. The molecule has 0 atom stereocenters. The molecule has 4 aromatic rings. The molecule has 2 aromatic carbocycles. The number of rotatable bonds is 2. The van der Waals surface area contributed by atoms with Crippen LogP contribution in [0.4, 0.5) is 0 Å². The number of benzene rings is 2. The SMILES string of the molecule is Cc1nc2ccc(CCl)cc2cc1Cl.Cc1nc2ccc(CO)cc2cc1Cl.O=S(Cl)Cl. The van der Waals surface area contributed by atoms with Crippen LogP contribution in [0, 0.1) is 13.8 Å². The molecule has 0 unspecified atom stereocenters. The third-order valence-corrected chi connectivity index (χ3v) is 5.43. The van der Waals surface area contributed by atoms with Crippen LogP contribution in [0.3, 0.4) is 0 Å². The molecule has 0 fully saturated rings. The van der Waals surface area contributed by atoms with E-state index in [0.717, 1.165) is 44.3 Å². The minimum absolute atomic E-state index is 0.0431. The van der Waals surface area contributed by atoms with Crippen molar-refractivity contribution in [1.29, 1.82) is 0 Å². The molecule has 0 spiro atoms. The van der Waals surface area contributed by atoms with Crippen molar-refractivity contribution in [3.63, 3.8) is 0 Å². The van der Waals surface area contributed by atoms with Gasteiger partial charge >= 0.3 is 0 Å². The second-order valence-electron chi connectivity index (χ2n) is 6.64. The monoisotopic (exact) mass is 550 g/mol. The van der Waals surface area contributed by atoms with Crippen molar-refractivity contribution >= 4 is 87.2 Å². The van der Waals surface area contributed by atoms with E-state index in [1.54, 1.807) is 0 Å². The minimum atomic E-state index is -1.67. The highest BCUT2D eigenvalue weighted by Gasteiger charge is 2.02. The first-order valence-electron chi connectivity index (χ1n) is 9.17. The van der Waals surface area contributed by atoms with Crippen LogP contribution in [0.2, 0.25) is 10.0 Å². The fraction of sp³-hybridized carbons (Fsp3) is 0.182. The Hall–Kier alpha value is -1.18. The predicted molar refractivity (Wildman–Crippen MR) is 138 cm³/mol. The lowest BCUT2D eigenvalue weighted by Gasteiger charge is -2.03. The van der Waals surface area contributed by atoms with E-state index in [-0.39, 0.29) is 6.61 Å². The van der Waals surface area contributed by atoms with Gasteiger partial charge in [-0.25, -0.2) is 4.21 Å². The lowest BCUT2D eigenvalue weighted by Crippen LogP contribution is -1.88. The maximum atomic E-state index is 9.09. The summed E-state index contributed by atoms with van der Waals surface area (Å²) in [7, 11) is 7.36. The number of aliphatic hydroxyl groups is 1. The number of nitrogens with zero attached hydrogens (tertiary/aromatic N) is 2. The van der Waals surface area contributed by atoms with Gasteiger partial charge in [0.25, 0.3) is 0 Å². The summed E-state index contributed by atoms with van der Waals surface area (Å²) in [6.45, 7) is 3.82. The molecule has 1 N–H and O–H groups in total. The van der Waals surface area contributed by atoms with Crippen molar-refractivity contribution in [2.75, 3.05) is 0 Å². The van der Waals surface area contributed by atoms with Gasteiger partial charge in [-0.3, -0.25) is 9.97 Å². The van der Waals surface area contributed by atoms with Gasteiger partial charge in [0.05, 0.1) is 39.1 Å². The molecule has 0 saturated heterocycles. The summed E-state index contributed by atoms with van der Waals surface area (Å²) >= 11 is 17.7. The Morgan fingerprint density at radius 2 is 1.22 bits per heavy atom. The molecule has 32 heavy (non-hydrogen) atoms. The molecule has 0 radical (unpaired) electrons. The molecular weight excluding hydrogens is 534 g/mol. The Labute approximate surface area is 212 Å². The van der Waals surface area contributed by atoms with Crippen LogP contribution < -0.4 is 0 Å². The van der Waals surface area contributed by atoms with E-state index in [1.807, 2.05) is 62.4 Å². The largest absolute Gasteiger partial charge is 0.392 e. The Bertz CT molecular complexity index is 1160. The van der Waals surface area contributed by atoms with Crippen LogP contribution in [0.1, 0.15) is 22.5 Å². The third-order valence-electron chi connectivity index (χ3n) is 4.35. The highest BCUT2D eigenvalue weighted by atomic mass is 36.0. The highest BCUT2D eigenvalue weighted by molar-refractivity contribution is 8.26. The Kier molecular flexibility index (Phi) is 10.9. The van der Waals surface area contributed by atoms with Crippen molar-refractivity contribution in [2.45, 2.75) is 26.3 Å². The number of pyridine rings is 2. The average Bonchev–Trinajstić information content (AvgIpc) is 2.75. The molecule has 0 aliphatic heterocycles. The first kappa shape index (κ1) is 27.1. The molecule has 10 heteroatoms. The van der Waals surface area contributed by atoms with Gasteiger partial charge in [0, 0.05) is 38.0 Å². The number of alkyl halides is 1. The number of aliphatic hydroxyl groups excluding tert-OH is 1. The number of halogens is 5. The molecule has 0 aliphatic rings. The summed E-state index contributed by atoms with van der Waals surface area (Å²) in [4.78, 5) is 8.71. The number of fused-ring (bicyclic) bond motifs is 2. The summed E-state index contributed by atoms with van der Waals surface area (Å²) < 4.78 is 9.09. The lowest BCUT2D eigenvalue weighted by molar-refractivity contribution is 0.282. The van der Waals surface area contributed by atoms with E-state index in [2.05, 4.69) is 31.3 Å². The summed E-state index contributed by atoms with van der Waals surface area (Å²) in [6, 6.07) is 15.4. The second kappa shape index (κ2) is 12.9. The molecule has 2 heterocycles. The van der Waals surface area contributed by atoms with Gasteiger partial charge in [0.15, 0.2) is 0 Å². The Morgan fingerprint density at radius 3 is 1.62 bits per heavy atom. The van der Waals surface area contributed by atoms with Crippen LogP contribution in [0.15, 0.2) is 48.5 Å². The molecule has 0 amide bonds. The Balaban J connectivity index is 0.000000195. The van der Waals surface area contributed by atoms with Crippen molar-refractivity contribution in [3.05, 3.63) is 81.1 Å².